The molecule has 162 valence electrons. The molecule has 7 heteroatoms. The van der Waals surface area contributed by atoms with Crippen LogP contribution in [-0.4, -0.2) is 29.4 Å². The number of hydrogen-bond acceptors (Lipinski definition) is 5. The van der Waals surface area contributed by atoms with Crippen LogP contribution >= 0.6 is 0 Å². The molecular weight excluding hydrogens is 410 g/mol. The molecule has 1 saturated heterocycles. The molecule has 6 nitrogen and oxygen atoms in total. The first-order valence-corrected chi connectivity index (χ1v) is 12.5. The van der Waals surface area contributed by atoms with Crippen molar-refractivity contribution in [2.24, 2.45) is 5.41 Å². The van der Waals surface area contributed by atoms with Gasteiger partial charge in [-0.2, -0.15) is 9.29 Å². The maximum absolute atomic E-state index is 13.3. The molecule has 2 aliphatic rings. The third-order valence-corrected chi connectivity index (χ3v) is 8.25. The second-order valence-electron chi connectivity index (χ2n) is 8.89. The van der Waals surface area contributed by atoms with Crippen LogP contribution in [0.15, 0.2) is 65.2 Å². The Labute approximate surface area is 183 Å². The molecule has 0 radical (unpaired) electrons. The van der Waals surface area contributed by atoms with Crippen LogP contribution in [0.2, 0.25) is 0 Å². The Morgan fingerprint density at radius 1 is 0.968 bits per heavy atom. The lowest BCUT2D eigenvalue weighted by Crippen LogP contribution is -2.32. The van der Waals surface area contributed by atoms with Crippen LogP contribution in [0.25, 0.3) is 0 Å². The summed E-state index contributed by atoms with van der Waals surface area (Å²) in [5.74, 6) is 1.09. The number of sulfonamides is 1. The van der Waals surface area contributed by atoms with E-state index >= 15 is 0 Å². The molecule has 2 aromatic carbocycles. The SMILES string of the molecule is O=S(=O)(Cc1ccccc1)N1CC2(CC2)C[C@H]1c1nc(CCCc2ccccc2)no1. The van der Waals surface area contributed by atoms with E-state index in [4.69, 9.17) is 4.52 Å². The highest BCUT2D eigenvalue weighted by molar-refractivity contribution is 7.88. The Bertz CT molecular complexity index is 1130. The normalized spacial score (nSPS) is 20.3. The van der Waals surface area contributed by atoms with Gasteiger partial charge in [-0.05, 0) is 48.6 Å². The van der Waals surface area contributed by atoms with Crippen molar-refractivity contribution < 1.29 is 12.9 Å². The van der Waals surface area contributed by atoms with Crippen molar-refractivity contribution in [3.05, 3.63) is 83.5 Å². The molecule has 31 heavy (non-hydrogen) atoms. The quantitative estimate of drug-likeness (QED) is 0.525. The summed E-state index contributed by atoms with van der Waals surface area (Å²) in [5, 5.41) is 4.15. The number of rotatable bonds is 8. The summed E-state index contributed by atoms with van der Waals surface area (Å²) in [6.45, 7) is 0.554. The molecule has 1 saturated carbocycles. The van der Waals surface area contributed by atoms with Crippen molar-refractivity contribution in [1.82, 2.24) is 14.4 Å². The molecule has 1 aliphatic heterocycles. The van der Waals surface area contributed by atoms with Gasteiger partial charge in [-0.1, -0.05) is 65.8 Å². The molecule has 1 aliphatic carbocycles. The highest BCUT2D eigenvalue weighted by Gasteiger charge is 2.56. The highest BCUT2D eigenvalue weighted by atomic mass is 32.2. The number of aryl methyl sites for hydroxylation is 2. The Hall–Kier alpha value is -2.51. The van der Waals surface area contributed by atoms with Gasteiger partial charge in [0.1, 0.15) is 6.04 Å². The summed E-state index contributed by atoms with van der Waals surface area (Å²) in [6, 6.07) is 19.3. The van der Waals surface area contributed by atoms with Gasteiger partial charge in [-0.25, -0.2) is 8.42 Å². The number of benzene rings is 2. The summed E-state index contributed by atoms with van der Waals surface area (Å²) in [4.78, 5) is 4.60. The van der Waals surface area contributed by atoms with E-state index in [2.05, 4.69) is 22.3 Å². The largest absolute Gasteiger partial charge is 0.338 e. The van der Waals surface area contributed by atoms with E-state index in [1.807, 2.05) is 48.5 Å². The zero-order valence-corrected chi connectivity index (χ0v) is 18.3. The van der Waals surface area contributed by atoms with Crippen molar-refractivity contribution in [3.8, 4) is 0 Å². The third kappa shape index (κ3) is 4.57. The maximum atomic E-state index is 13.3. The molecule has 0 bridgehead atoms. The minimum absolute atomic E-state index is 0.00150. The molecule has 2 heterocycles. The van der Waals surface area contributed by atoms with Gasteiger partial charge in [0.05, 0.1) is 5.75 Å². The fourth-order valence-electron chi connectivity index (χ4n) is 4.53. The van der Waals surface area contributed by atoms with Crippen LogP contribution in [-0.2, 0) is 28.6 Å². The first kappa shape index (κ1) is 20.4. The minimum Gasteiger partial charge on any atom is -0.338 e. The topological polar surface area (TPSA) is 76.3 Å². The van der Waals surface area contributed by atoms with Crippen LogP contribution in [0.3, 0.4) is 0 Å². The summed E-state index contributed by atoms with van der Waals surface area (Å²) in [5.41, 5.74) is 2.18. The van der Waals surface area contributed by atoms with Crippen molar-refractivity contribution in [2.45, 2.75) is 50.3 Å². The summed E-state index contributed by atoms with van der Waals surface area (Å²) in [6.07, 6.45) is 5.50. The van der Waals surface area contributed by atoms with E-state index < -0.39 is 10.0 Å². The van der Waals surface area contributed by atoms with E-state index in [0.29, 0.717) is 24.7 Å². The van der Waals surface area contributed by atoms with Gasteiger partial charge >= 0.3 is 0 Å². The van der Waals surface area contributed by atoms with Crippen LogP contribution in [0.1, 0.15) is 54.6 Å². The Balaban J connectivity index is 1.29. The standard InChI is InChI=1S/C24H27N3O3S/c28-31(29,17-20-10-5-2-6-11-20)27-18-24(14-15-24)16-21(27)23-25-22(26-30-23)13-7-12-19-8-3-1-4-9-19/h1-6,8-11,21H,7,12-18H2/t21-/m0/s1. The summed E-state index contributed by atoms with van der Waals surface area (Å²) < 4.78 is 33.7. The Morgan fingerprint density at radius 2 is 1.65 bits per heavy atom. The third-order valence-electron chi connectivity index (χ3n) is 6.45. The number of nitrogens with zero attached hydrogens (tertiary/aromatic N) is 3. The minimum atomic E-state index is -3.48. The molecule has 1 aromatic heterocycles. The van der Waals surface area contributed by atoms with Gasteiger partial charge in [-0.3, -0.25) is 0 Å². The number of hydrogen-bond donors (Lipinski definition) is 0. The van der Waals surface area contributed by atoms with Gasteiger partial charge in [0.15, 0.2) is 5.82 Å². The smallest absolute Gasteiger partial charge is 0.245 e. The lowest BCUT2D eigenvalue weighted by Gasteiger charge is -2.21. The molecule has 1 atom stereocenters. The fraction of sp³-hybridized carbons (Fsp3) is 0.417. The van der Waals surface area contributed by atoms with Gasteiger partial charge in [0, 0.05) is 13.0 Å². The van der Waals surface area contributed by atoms with Crippen LogP contribution in [0.4, 0.5) is 0 Å². The van der Waals surface area contributed by atoms with Gasteiger partial charge in [0.2, 0.25) is 15.9 Å². The van der Waals surface area contributed by atoms with Crippen molar-refractivity contribution in [1.29, 1.82) is 0 Å². The van der Waals surface area contributed by atoms with Gasteiger partial charge in [-0.15, -0.1) is 0 Å². The van der Waals surface area contributed by atoms with Gasteiger partial charge < -0.3 is 4.52 Å². The summed E-state index contributed by atoms with van der Waals surface area (Å²) in [7, 11) is -3.48. The zero-order chi connectivity index (χ0) is 21.3. The molecule has 0 unspecified atom stereocenters. The maximum Gasteiger partial charge on any atom is 0.245 e. The van der Waals surface area contributed by atoms with Crippen molar-refractivity contribution >= 4 is 10.0 Å². The van der Waals surface area contributed by atoms with E-state index in [1.54, 1.807) is 4.31 Å². The lowest BCUT2D eigenvalue weighted by atomic mass is 10.0. The molecule has 0 amide bonds. The second-order valence-corrected chi connectivity index (χ2v) is 10.8. The van der Waals surface area contributed by atoms with Gasteiger partial charge in [0.25, 0.3) is 0 Å². The molecule has 0 N–H and O–H groups in total. The van der Waals surface area contributed by atoms with Crippen LogP contribution in [0, 0.1) is 5.41 Å². The van der Waals surface area contributed by atoms with Crippen molar-refractivity contribution in [2.75, 3.05) is 6.54 Å². The van der Waals surface area contributed by atoms with E-state index in [1.165, 1.54) is 5.56 Å². The Morgan fingerprint density at radius 3 is 2.32 bits per heavy atom. The highest BCUT2D eigenvalue weighted by Crippen LogP contribution is 2.59. The second kappa shape index (κ2) is 8.20. The fourth-order valence-corrected chi connectivity index (χ4v) is 6.33. The molecule has 3 aromatic rings. The van der Waals surface area contributed by atoms with E-state index in [9.17, 15) is 8.42 Å². The molecule has 2 fully saturated rings. The van der Waals surface area contributed by atoms with Crippen molar-refractivity contribution in [3.63, 3.8) is 0 Å². The average Bonchev–Trinajstić information content (AvgIpc) is 3.18. The predicted octanol–water partition coefficient (Wildman–Crippen LogP) is 4.30. The van der Waals surface area contributed by atoms with Crippen LogP contribution in [0.5, 0.6) is 0 Å². The van der Waals surface area contributed by atoms with E-state index in [0.717, 1.165) is 37.7 Å². The molecule has 5 rings (SSSR count). The Kier molecular flexibility index (Phi) is 5.40. The zero-order valence-electron chi connectivity index (χ0n) is 17.5. The lowest BCUT2D eigenvalue weighted by molar-refractivity contribution is 0.289. The molecular formula is C24H27N3O3S. The monoisotopic (exact) mass is 437 g/mol. The molecule has 1 spiro atoms. The summed E-state index contributed by atoms with van der Waals surface area (Å²) >= 11 is 0. The average molecular weight is 438 g/mol. The first-order valence-electron chi connectivity index (χ1n) is 10.9. The van der Waals surface area contributed by atoms with Crippen LogP contribution < -0.4 is 0 Å². The number of aromatic nitrogens is 2. The van der Waals surface area contributed by atoms with E-state index in [-0.39, 0.29) is 17.2 Å². The predicted molar refractivity (Wildman–Crippen MR) is 118 cm³/mol. The first-order chi connectivity index (χ1) is 15.0.